The normalized spacial score (nSPS) is 11.8. The number of hydrogen-bond donors (Lipinski definition) is 2. The topological polar surface area (TPSA) is 63.2 Å². The van der Waals surface area contributed by atoms with Gasteiger partial charge in [-0.3, -0.25) is 4.79 Å². The molecule has 0 unspecified atom stereocenters. The molecule has 134 valence electrons. The van der Waals surface area contributed by atoms with Crippen LogP contribution in [0.1, 0.15) is 17.3 Å². The molecule has 3 rings (SSSR count). The maximum atomic E-state index is 12.2. The molecule has 2 N–H and O–H groups in total. The van der Waals surface area contributed by atoms with Crippen molar-refractivity contribution >= 4 is 28.1 Å². The third-order valence-corrected chi connectivity index (χ3v) is 4.54. The van der Waals surface area contributed by atoms with Gasteiger partial charge in [0.25, 0.3) is 5.91 Å². The van der Waals surface area contributed by atoms with Crippen LogP contribution in [0.2, 0.25) is 0 Å². The minimum Gasteiger partial charge on any atom is -0.383 e. The van der Waals surface area contributed by atoms with Gasteiger partial charge in [-0.05, 0) is 31.2 Å². The van der Waals surface area contributed by atoms with E-state index in [0.29, 0.717) is 12.2 Å². The Kier molecular flexibility index (Phi) is 5.99. The Morgan fingerprint density at radius 2 is 1.88 bits per heavy atom. The Balaban J connectivity index is 1.64. The van der Waals surface area contributed by atoms with Crippen LogP contribution in [-0.2, 0) is 4.74 Å². The third kappa shape index (κ3) is 4.68. The summed E-state index contributed by atoms with van der Waals surface area (Å²) < 4.78 is 5.12. The number of rotatable bonds is 7. The summed E-state index contributed by atoms with van der Waals surface area (Å²) in [6, 6.07) is 17.0. The summed E-state index contributed by atoms with van der Waals surface area (Å²) in [7, 11) is 1.68. The molecule has 0 saturated carbocycles. The van der Waals surface area contributed by atoms with Crippen LogP contribution in [-0.4, -0.2) is 30.6 Å². The van der Waals surface area contributed by atoms with E-state index in [2.05, 4.69) is 22.5 Å². The highest BCUT2D eigenvalue weighted by Crippen LogP contribution is 2.26. The number of ether oxygens (including phenoxy) is 1. The number of anilines is 2. The van der Waals surface area contributed by atoms with Gasteiger partial charge in [-0.1, -0.05) is 30.3 Å². The molecule has 1 amide bonds. The molecule has 1 atom stereocenters. The van der Waals surface area contributed by atoms with Crippen molar-refractivity contribution in [3.05, 3.63) is 65.5 Å². The van der Waals surface area contributed by atoms with E-state index < -0.39 is 0 Å². The molecule has 1 aromatic heterocycles. The Labute approximate surface area is 157 Å². The van der Waals surface area contributed by atoms with Crippen LogP contribution in [0.4, 0.5) is 10.8 Å². The number of carbonyl (C=O) groups excluding carboxylic acids is 1. The summed E-state index contributed by atoms with van der Waals surface area (Å²) >= 11 is 1.56. The molecule has 2 aromatic carbocycles. The summed E-state index contributed by atoms with van der Waals surface area (Å²) in [4.78, 5) is 16.8. The summed E-state index contributed by atoms with van der Waals surface area (Å²) in [5.41, 5.74) is 3.30. The minimum absolute atomic E-state index is 0.120. The fraction of sp³-hybridized carbons (Fsp3) is 0.200. The number of amides is 1. The number of nitrogens with zero attached hydrogens (tertiary/aromatic N) is 1. The number of benzene rings is 2. The molecule has 0 aliphatic carbocycles. The van der Waals surface area contributed by atoms with Gasteiger partial charge in [0.2, 0.25) is 0 Å². The zero-order valence-corrected chi connectivity index (χ0v) is 15.5. The maximum Gasteiger partial charge on any atom is 0.255 e. The van der Waals surface area contributed by atoms with Gasteiger partial charge in [-0.2, -0.15) is 0 Å². The van der Waals surface area contributed by atoms with Gasteiger partial charge in [0.15, 0.2) is 5.13 Å². The van der Waals surface area contributed by atoms with E-state index in [1.54, 1.807) is 30.6 Å². The zero-order chi connectivity index (χ0) is 18.4. The van der Waals surface area contributed by atoms with E-state index in [0.717, 1.165) is 22.1 Å². The summed E-state index contributed by atoms with van der Waals surface area (Å²) in [5, 5.41) is 9.09. The molecule has 3 aromatic rings. The minimum atomic E-state index is -0.120. The number of nitrogens with one attached hydrogen (secondary N) is 2. The third-order valence-electron chi connectivity index (χ3n) is 3.77. The molecule has 0 fully saturated rings. The largest absolute Gasteiger partial charge is 0.383 e. The lowest BCUT2D eigenvalue weighted by Gasteiger charge is -2.10. The predicted octanol–water partition coefficient (Wildman–Crippen LogP) is 4.51. The first-order valence-electron chi connectivity index (χ1n) is 8.33. The van der Waals surface area contributed by atoms with Crippen molar-refractivity contribution in [3.63, 3.8) is 0 Å². The molecule has 0 aliphatic rings. The summed E-state index contributed by atoms with van der Waals surface area (Å²) in [6.07, 6.45) is 0. The van der Waals surface area contributed by atoms with Crippen LogP contribution >= 0.6 is 11.3 Å². The standard InChI is InChI=1S/C20H21N3O2S/c1-14(12-25-2)21-20-23-18(13-26-20)15-8-10-17(11-9-15)22-19(24)16-6-4-3-5-7-16/h3-11,13-14H,12H2,1-2H3,(H,21,23)(H,22,24)/t14-/m1/s1. The van der Waals surface area contributed by atoms with Gasteiger partial charge in [-0.25, -0.2) is 4.98 Å². The van der Waals surface area contributed by atoms with Crippen molar-refractivity contribution < 1.29 is 9.53 Å². The monoisotopic (exact) mass is 367 g/mol. The molecule has 6 heteroatoms. The highest BCUT2D eigenvalue weighted by molar-refractivity contribution is 7.14. The first-order valence-corrected chi connectivity index (χ1v) is 9.21. The van der Waals surface area contributed by atoms with Crippen LogP contribution in [0.15, 0.2) is 60.0 Å². The molecular formula is C20H21N3O2S. The van der Waals surface area contributed by atoms with E-state index in [9.17, 15) is 4.79 Å². The van der Waals surface area contributed by atoms with Crippen molar-refractivity contribution in [1.29, 1.82) is 0 Å². The second-order valence-electron chi connectivity index (χ2n) is 5.94. The molecule has 26 heavy (non-hydrogen) atoms. The van der Waals surface area contributed by atoms with E-state index in [4.69, 9.17) is 4.74 Å². The number of hydrogen-bond acceptors (Lipinski definition) is 5. The molecule has 0 aliphatic heterocycles. The first kappa shape index (κ1) is 18.1. The SMILES string of the molecule is COC[C@@H](C)Nc1nc(-c2ccc(NC(=O)c3ccccc3)cc2)cs1. The molecule has 1 heterocycles. The van der Waals surface area contributed by atoms with Gasteiger partial charge in [-0.15, -0.1) is 11.3 Å². The number of methoxy groups -OCH3 is 1. The van der Waals surface area contributed by atoms with Gasteiger partial charge in [0, 0.05) is 35.3 Å². The smallest absolute Gasteiger partial charge is 0.255 e. The Morgan fingerprint density at radius 1 is 1.15 bits per heavy atom. The maximum absolute atomic E-state index is 12.2. The number of thiazole rings is 1. The van der Waals surface area contributed by atoms with E-state index in [1.165, 1.54) is 0 Å². The Morgan fingerprint density at radius 3 is 2.58 bits per heavy atom. The Bertz CT molecular complexity index is 847. The van der Waals surface area contributed by atoms with Crippen LogP contribution in [0.5, 0.6) is 0 Å². The predicted molar refractivity (Wildman–Crippen MR) is 107 cm³/mol. The fourth-order valence-corrected chi connectivity index (χ4v) is 3.32. The van der Waals surface area contributed by atoms with Gasteiger partial charge < -0.3 is 15.4 Å². The molecular weight excluding hydrogens is 346 g/mol. The van der Waals surface area contributed by atoms with Crippen molar-refractivity contribution in [2.24, 2.45) is 0 Å². The number of aromatic nitrogens is 1. The second kappa shape index (κ2) is 8.60. The van der Waals surface area contributed by atoms with Gasteiger partial charge in [0.1, 0.15) is 0 Å². The molecule has 0 bridgehead atoms. The fourth-order valence-electron chi connectivity index (χ4n) is 2.49. The van der Waals surface area contributed by atoms with Crippen molar-refractivity contribution in [3.8, 4) is 11.3 Å². The average Bonchev–Trinajstić information content (AvgIpc) is 3.11. The molecule has 5 nitrogen and oxygen atoms in total. The lowest BCUT2D eigenvalue weighted by atomic mass is 10.1. The van der Waals surface area contributed by atoms with Crippen LogP contribution in [0.25, 0.3) is 11.3 Å². The lowest BCUT2D eigenvalue weighted by Crippen LogP contribution is -2.20. The van der Waals surface area contributed by atoms with Gasteiger partial charge >= 0.3 is 0 Å². The van der Waals surface area contributed by atoms with Crippen molar-refractivity contribution in [2.75, 3.05) is 24.4 Å². The van der Waals surface area contributed by atoms with Crippen LogP contribution < -0.4 is 10.6 Å². The van der Waals surface area contributed by atoms with E-state index >= 15 is 0 Å². The highest BCUT2D eigenvalue weighted by Gasteiger charge is 2.09. The molecule has 0 spiro atoms. The molecule has 0 saturated heterocycles. The molecule has 0 radical (unpaired) electrons. The van der Waals surface area contributed by atoms with Crippen molar-refractivity contribution in [1.82, 2.24) is 4.98 Å². The second-order valence-corrected chi connectivity index (χ2v) is 6.79. The zero-order valence-electron chi connectivity index (χ0n) is 14.7. The lowest BCUT2D eigenvalue weighted by molar-refractivity contribution is 0.102. The van der Waals surface area contributed by atoms with Crippen LogP contribution in [0.3, 0.4) is 0 Å². The van der Waals surface area contributed by atoms with Crippen LogP contribution in [0, 0.1) is 0 Å². The van der Waals surface area contributed by atoms with Crippen molar-refractivity contribution in [2.45, 2.75) is 13.0 Å². The summed E-state index contributed by atoms with van der Waals surface area (Å²) in [5.74, 6) is -0.120. The quantitative estimate of drug-likeness (QED) is 0.645. The first-order chi connectivity index (χ1) is 12.7. The van der Waals surface area contributed by atoms with E-state index in [-0.39, 0.29) is 11.9 Å². The van der Waals surface area contributed by atoms with Gasteiger partial charge in [0.05, 0.1) is 12.3 Å². The number of carbonyl (C=O) groups is 1. The highest BCUT2D eigenvalue weighted by atomic mass is 32.1. The Hall–Kier alpha value is -2.70. The summed E-state index contributed by atoms with van der Waals surface area (Å²) in [6.45, 7) is 2.68. The van der Waals surface area contributed by atoms with E-state index in [1.807, 2.05) is 47.8 Å². The average molecular weight is 367 g/mol.